The lowest BCUT2D eigenvalue weighted by molar-refractivity contribution is -0.141. The summed E-state index contributed by atoms with van der Waals surface area (Å²) in [6.07, 6.45) is -2.96. The van der Waals surface area contributed by atoms with Crippen molar-refractivity contribution in [1.29, 1.82) is 0 Å². The number of amides is 1. The molecule has 1 N–H and O–H groups in total. The molecule has 2 heterocycles. The van der Waals surface area contributed by atoms with Gasteiger partial charge in [-0.15, -0.1) is 0 Å². The molecule has 12 heteroatoms. The number of aromatic nitrogens is 2. The van der Waals surface area contributed by atoms with Gasteiger partial charge < -0.3 is 10.1 Å². The molecule has 2 fully saturated rings. The molecule has 0 unspecified atom stereocenters. The highest BCUT2D eigenvalue weighted by Gasteiger charge is 2.37. The summed E-state index contributed by atoms with van der Waals surface area (Å²) in [5.74, 6) is -0.345. The van der Waals surface area contributed by atoms with Crippen LogP contribution in [0.15, 0.2) is 35.2 Å². The van der Waals surface area contributed by atoms with E-state index in [-0.39, 0.29) is 36.9 Å². The third kappa shape index (κ3) is 5.13. The van der Waals surface area contributed by atoms with Crippen LogP contribution < -0.4 is 5.32 Å². The normalized spacial score (nSPS) is 18.0. The third-order valence-electron chi connectivity index (χ3n) is 5.39. The molecule has 0 spiro atoms. The van der Waals surface area contributed by atoms with Crippen LogP contribution in [0.5, 0.6) is 0 Å². The third-order valence-corrected chi connectivity index (χ3v) is 7.31. The van der Waals surface area contributed by atoms with Gasteiger partial charge in [-0.2, -0.15) is 22.6 Å². The Morgan fingerprint density at radius 2 is 1.81 bits per heavy atom. The summed E-state index contributed by atoms with van der Waals surface area (Å²) in [6.45, 7) is 1.28. The molecule has 174 valence electrons. The minimum Gasteiger partial charge on any atom is -0.379 e. The monoisotopic (exact) mass is 472 g/mol. The molecule has 8 nitrogen and oxygen atoms in total. The maximum Gasteiger partial charge on any atom is 0.435 e. The molecule has 1 aliphatic heterocycles. The molecular formula is C20H23F3N4O4S. The number of carbonyl (C=O) groups excluding carboxylic acids is 1. The van der Waals surface area contributed by atoms with Crippen LogP contribution in [0.25, 0.3) is 0 Å². The molecule has 1 saturated carbocycles. The van der Waals surface area contributed by atoms with E-state index in [4.69, 9.17) is 4.74 Å². The van der Waals surface area contributed by atoms with Crippen molar-refractivity contribution >= 4 is 21.6 Å². The van der Waals surface area contributed by atoms with Crippen molar-refractivity contribution in [3.8, 4) is 0 Å². The molecule has 4 rings (SSSR count). The zero-order valence-corrected chi connectivity index (χ0v) is 18.0. The topological polar surface area (TPSA) is 93.5 Å². The fourth-order valence-corrected chi connectivity index (χ4v) is 4.94. The molecule has 1 amide bonds. The number of ether oxygens (including phenoxy) is 1. The van der Waals surface area contributed by atoms with E-state index in [1.807, 2.05) is 0 Å². The highest BCUT2D eigenvalue weighted by Crippen LogP contribution is 2.42. The number of alkyl halides is 3. The summed E-state index contributed by atoms with van der Waals surface area (Å²) < 4.78 is 72.0. The Bertz CT molecular complexity index is 1070. The van der Waals surface area contributed by atoms with E-state index in [0.29, 0.717) is 24.6 Å². The maximum absolute atomic E-state index is 13.0. The first kappa shape index (κ1) is 22.7. The lowest BCUT2D eigenvalue weighted by Crippen LogP contribution is -2.40. The number of hydrogen-bond acceptors (Lipinski definition) is 5. The summed E-state index contributed by atoms with van der Waals surface area (Å²) in [6, 6.07) is 6.85. The Balaban J connectivity index is 1.36. The number of carbonyl (C=O) groups is 1. The van der Waals surface area contributed by atoms with Gasteiger partial charge in [0, 0.05) is 43.4 Å². The van der Waals surface area contributed by atoms with Crippen molar-refractivity contribution in [2.24, 2.45) is 0 Å². The number of anilines is 1. The Morgan fingerprint density at radius 1 is 1.16 bits per heavy atom. The second kappa shape index (κ2) is 8.83. The van der Waals surface area contributed by atoms with Crippen LogP contribution in [-0.2, 0) is 32.3 Å². The zero-order chi connectivity index (χ0) is 22.9. The van der Waals surface area contributed by atoms with Crippen LogP contribution in [0.1, 0.15) is 36.6 Å². The largest absolute Gasteiger partial charge is 0.435 e. The van der Waals surface area contributed by atoms with Crippen molar-refractivity contribution < 1.29 is 31.1 Å². The van der Waals surface area contributed by atoms with Gasteiger partial charge >= 0.3 is 6.18 Å². The van der Waals surface area contributed by atoms with Gasteiger partial charge in [0.15, 0.2) is 5.69 Å². The van der Waals surface area contributed by atoms with Gasteiger partial charge in [-0.25, -0.2) is 8.42 Å². The quantitative estimate of drug-likeness (QED) is 0.669. The summed E-state index contributed by atoms with van der Waals surface area (Å²) in [5, 5.41) is 6.28. The summed E-state index contributed by atoms with van der Waals surface area (Å²) in [4.78, 5) is 12.4. The lowest BCUT2D eigenvalue weighted by atomic mass is 10.2. The van der Waals surface area contributed by atoms with E-state index in [1.165, 1.54) is 33.3 Å². The maximum atomic E-state index is 13.0. The molecule has 0 atom stereocenters. The van der Waals surface area contributed by atoms with Gasteiger partial charge in [-0.05, 0) is 43.2 Å². The SMILES string of the molecule is O=C(CCn1nc(C(F)(F)F)cc1C1CC1)Nc1ccc(S(=O)(=O)N2CCOCC2)cc1. The number of hydrogen-bond donors (Lipinski definition) is 1. The minimum atomic E-state index is -4.53. The molecule has 2 aliphatic rings. The average molecular weight is 472 g/mol. The summed E-state index contributed by atoms with van der Waals surface area (Å²) in [7, 11) is -3.63. The van der Waals surface area contributed by atoms with Gasteiger partial charge in [-0.1, -0.05) is 0 Å². The molecule has 1 aromatic carbocycles. The number of sulfonamides is 1. The first-order valence-corrected chi connectivity index (χ1v) is 11.7. The number of benzene rings is 1. The van der Waals surface area contributed by atoms with Crippen LogP contribution in [0.3, 0.4) is 0 Å². The molecule has 0 bridgehead atoms. The second-order valence-corrected chi connectivity index (χ2v) is 9.73. The number of nitrogens with zero attached hydrogens (tertiary/aromatic N) is 3. The predicted octanol–water partition coefficient (Wildman–Crippen LogP) is 2.83. The first-order valence-electron chi connectivity index (χ1n) is 10.3. The van der Waals surface area contributed by atoms with Crippen LogP contribution in [0.4, 0.5) is 18.9 Å². The molecular weight excluding hydrogens is 449 g/mol. The van der Waals surface area contributed by atoms with E-state index in [1.54, 1.807) is 0 Å². The van der Waals surface area contributed by atoms with Crippen molar-refractivity contribution in [2.45, 2.75) is 42.8 Å². The molecule has 0 radical (unpaired) electrons. The fourth-order valence-electron chi connectivity index (χ4n) is 3.53. The van der Waals surface area contributed by atoms with Crippen LogP contribution in [0, 0.1) is 0 Å². The minimum absolute atomic E-state index is 0.0250. The predicted molar refractivity (Wildman–Crippen MR) is 108 cm³/mol. The summed E-state index contributed by atoms with van der Waals surface area (Å²) >= 11 is 0. The van der Waals surface area contributed by atoms with Gasteiger partial charge in [0.2, 0.25) is 15.9 Å². The number of morpholine rings is 1. The van der Waals surface area contributed by atoms with E-state index >= 15 is 0 Å². The number of aryl methyl sites for hydroxylation is 1. The zero-order valence-electron chi connectivity index (χ0n) is 17.1. The fraction of sp³-hybridized carbons (Fsp3) is 0.500. The van der Waals surface area contributed by atoms with Crippen molar-refractivity contribution in [1.82, 2.24) is 14.1 Å². The second-order valence-electron chi connectivity index (χ2n) is 7.79. The van der Waals surface area contributed by atoms with Crippen LogP contribution in [-0.4, -0.2) is 54.7 Å². The number of halogens is 3. The Hall–Kier alpha value is -2.44. The van der Waals surface area contributed by atoms with Crippen molar-refractivity contribution in [3.05, 3.63) is 41.7 Å². The molecule has 32 heavy (non-hydrogen) atoms. The van der Waals surface area contributed by atoms with Gasteiger partial charge in [0.1, 0.15) is 0 Å². The molecule has 2 aromatic rings. The Labute approximate surface area is 183 Å². The Morgan fingerprint density at radius 3 is 2.41 bits per heavy atom. The smallest absolute Gasteiger partial charge is 0.379 e. The van der Waals surface area contributed by atoms with Crippen LogP contribution >= 0.6 is 0 Å². The van der Waals surface area contributed by atoms with E-state index in [0.717, 1.165) is 18.9 Å². The van der Waals surface area contributed by atoms with Gasteiger partial charge in [-0.3, -0.25) is 9.48 Å². The highest BCUT2D eigenvalue weighted by atomic mass is 32.2. The van der Waals surface area contributed by atoms with Crippen molar-refractivity contribution in [3.63, 3.8) is 0 Å². The standard InChI is InChI=1S/C20H23F3N4O4S/c21-20(22,23)18-13-17(14-1-2-14)27(25-18)8-7-19(28)24-15-3-5-16(6-4-15)32(29,30)26-9-11-31-12-10-26/h3-6,13-14H,1-2,7-12H2,(H,24,28). The van der Waals surface area contributed by atoms with Crippen molar-refractivity contribution in [2.75, 3.05) is 31.6 Å². The van der Waals surface area contributed by atoms with E-state index < -0.39 is 27.8 Å². The molecule has 1 aromatic heterocycles. The molecule has 1 saturated heterocycles. The average Bonchev–Trinajstić information content (AvgIpc) is 3.51. The van der Waals surface area contributed by atoms with E-state index in [9.17, 15) is 26.4 Å². The number of nitrogens with one attached hydrogen (secondary N) is 1. The Kier molecular flexibility index (Phi) is 6.28. The van der Waals surface area contributed by atoms with Gasteiger partial charge in [0.05, 0.1) is 18.1 Å². The highest BCUT2D eigenvalue weighted by molar-refractivity contribution is 7.89. The van der Waals surface area contributed by atoms with Crippen LogP contribution in [0.2, 0.25) is 0 Å². The van der Waals surface area contributed by atoms with Gasteiger partial charge in [0.25, 0.3) is 0 Å². The first-order chi connectivity index (χ1) is 15.1. The molecule has 1 aliphatic carbocycles. The lowest BCUT2D eigenvalue weighted by Gasteiger charge is -2.26. The number of rotatable bonds is 7. The summed E-state index contributed by atoms with van der Waals surface area (Å²) in [5.41, 5.74) is -0.0468. The van der Waals surface area contributed by atoms with E-state index in [2.05, 4.69) is 10.4 Å².